The second-order valence-electron chi connectivity index (χ2n) is 9.05. The van der Waals surface area contributed by atoms with Gasteiger partial charge in [-0.2, -0.15) is 4.98 Å². The van der Waals surface area contributed by atoms with Gasteiger partial charge < -0.3 is 9.88 Å². The standard InChI is InChI=1S/C28H30ClN7O2/c1-6-9-17(3)13-18(4)36-25(34-22-11-8-10-20(29)14-21(22)28(36)38)19(5)35(12-7-2)26-23-24(30-15-32-26)31-16-33-27(23)37/h6,8-11,13,15-16,19H,1,7,12,14H2,2-5H3,(H,30,31,32,33,37)/b17-9-,18-13+. The highest BCUT2D eigenvalue weighted by molar-refractivity contribution is 6.30. The van der Waals surface area contributed by atoms with Gasteiger partial charge in [0.25, 0.3) is 11.1 Å². The number of rotatable bonds is 8. The number of allylic oxidation sites excluding steroid dienone is 8. The lowest BCUT2D eigenvalue weighted by Gasteiger charge is -2.32. The Morgan fingerprint density at radius 3 is 2.82 bits per heavy atom. The third kappa shape index (κ3) is 5.28. The Morgan fingerprint density at radius 2 is 2.08 bits per heavy atom. The molecule has 1 aliphatic carbocycles. The van der Waals surface area contributed by atoms with Gasteiger partial charge in [0.15, 0.2) is 0 Å². The van der Waals surface area contributed by atoms with Crippen molar-refractivity contribution in [2.75, 3.05) is 11.4 Å². The summed E-state index contributed by atoms with van der Waals surface area (Å²) in [6, 6.07) is -0.446. The van der Waals surface area contributed by atoms with Crippen molar-refractivity contribution in [1.82, 2.24) is 29.5 Å². The molecule has 0 amide bonds. The van der Waals surface area contributed by atoms with Crippen molar-refractivity contribution in [3.63, 3.8) is 0 Å². The maximum absolute atomic E-state index is 14.0. The molecule has 0 fully saturated rings. The van der Waals surface area contributed by atoms with Gasteiger partial charge in [-0.3, -0.25) is 14.2 Å². The van der Waals surface area contributed by atoms with E-state index >= 15 is 0 Å². The molecule has 3 aromatic heterocycles. The van der Waals surface area contributed by atoms with Gasteiger partial charge in [0, 0.05) is 29.3 Å². The number of halogens is 1. The van der Waals surface area contributed by atoms with Crippen LogP contribution in [0.1, 0.15) is 57.2 Å². The number of hydrogen-bond donors (Lipinski definition) is 1. The van der Waals surface area contributed by atoms with Gasteiger partial charge in [0.1, 0.15) is 29.0 Å². The van der Waals surface area contributed by atoms with Crippen LogP contribution in [0.5, 0.6) is 0 Å². The molecule has 196 valence electrons. The van der Waals surface area contributed by atoms with E-state index in [4.69, 9.17) is 16.6 Å². The summed E-state index contributed by atoms with van der Waals surface area (Å²) in [5.41, 5.74) is 2.47. The molecule has 0 radical (unpaired) electrons. The van der Waals surface area contributed by atoms with Gasteiger partial charge in [-0.1, -0.05) is 43.3 Å². The van der Waals surface area contributed by atoms with Crippen molar-refractivity contribution >= 4 is 40.2 Å². The van der Waals surface area contributed by atoms with Crippen LogP contribution in [0.15, 0.2) is 69.8 Å². The summed E-state index contributed by atoms with van der Waals surface area (Å²) in [6.07, 6.45) is 14.6. The Hall–Kier alpha value is -4.11. The minimum Gasteiger partial charge on any atom is -0.346 e. The average molecular weight is 532 g/mol. The monoisotopic (exact) mass is 531 g/mol. The van der Waals surface area contributed by atoms with Crippen molar-refractivity contribution in [1.29, 1.82) is 0 Å². The molecule has 0 aromatic carbocycles. The zero-order valence-corrected chi connectivity index (χ0v) is 22.7. The van der Waals surface area contributed by atoms with Gasteiger partial charge in [0.2, 0.25) is 0 Å². The van der Waals surface area contributed by atoms with Gasteiger partial charge in [0.05, 0.1) is 18.1 Å². The van der Waals surface area contributed by atoms with Crippen molar-refractivity contribution in [3.05, 3.63) is 98.0 Å². The molecule has 0 saturated carbocycles. The second-order valence-corrected chi connectivity index (χ2v) is 9.54. The molecule has 1 unspecified atom stereocenters. The van der Waals surface area contributed by atoms with Gasteiger partial charge in [-0.25, -0.2) is 15.0 Å². The molecule has 0 aliphatic heterocycles. The molecule has 0 spiro atoms. The molecule has 4 rings (SSSR count). The number of aromatic amines is 1. The van der Waals surface area contributed by atoms with Crippen LogP contribution in [0.25, 0.3) is 22.8 Å². The molecule has 9 nitrogen and oxygen atoms in total. The highest BCUT2D eigenvalue weighted by atomic mass is 35.5. The van der Waals surface area contributed by atoms with E-state index in [1.807, 2.05) is 44.7 Å². The van der Waals surface area contributed by atoms with E-state index in [9.17, 15) is 9.59 Å². The zero-order chi connectivity index (χ0) is 27.4. The van der Waals surface area contributed by atoms with Gasteiger partial charge in [-0.05, 0) is 51.0 Å². The fraction of sp³-hybridized carbons (Fsp3) is 0.286. The number of aromatic nitrogens is 6. The molecule has 1 aliphatic rings. The van der Waals surface area contributed by atoms with E-state index in [-0.39, 0.29) is 17.4 Å². The van der Waals surface area contributed by atoms with Crippen LogP contribution in [-0.2, 0) is 6.42 Å². The summed E-state index contributed by atoms with van der Waals surface area (Å²) >= 11 is 6.36. The van der Waals surface area contributed by atoms with Crippen LogP contribution < -0.4 is 16.0 Å². The number of H-pyrrole nitrogens is 1. The summed E-state index contributed by atoms with van der Waals surface area (Å²) in [5, 5.41) is 0.842. The molecule has 1 atom stereocenters. The lowest BCUT2D eigenvalue weighted by atomic mass is 10.1. The fourth-order valence-electron chi connectivity index (χ4n) is 4.59. The number of anilines is 1. The molecule has 10 heteroatoms. The van der Waals surface area contributed by atoms with E-state index in [1.165, 1.54) is 12.7 Å². The minimum atomic E-state index is -0.446. The van der Waals surface area contributed by atoms with Crippen molar-refractivity contribution < 1.29 is 0 Å². The van der Waals surface area contributed by atoms with Crippen LogP contribution in [0.3, 0.4) is 0 Å². The van der Waals surface area contributed by atoms with Crippen LogP contribution in [0.4, 0.5) is 5.82 Å². The van der Waals surface area contributed by atoms with E-state index in [0.29, 0.717) is 45.8 Å². The summed E-state index contributed by atoms with van der Waals surface area (Å²) in [6.45, 7) is 12.1. The molecule has 0 bridgehead atoms. The molecular weight excluding hydrogens is 502 g/mol. The van der Waals surface area contributed by atoms with Crippen LogP contribution >= 0.6 is 11.6 Å². The van der Waals surface area contributed by atoms with Crippen LogP contribution in [0, 0.1) is 0 Å². The Labute approximate surface area is 225 Å². The highest BCUT2D eigenvalue weighted by Gasteiger charge is 2.28. The van der Waals surface area contributed by atoms with Crippen LogP contribution in [-0.4, -0.2) is 36.0 Å². The Balaban J connectivity index is 1.99. The maximum Gasteiger partial charge on any atom is 0.285 e. The van der Waals surface area contributed by atoms with Gasteiger partial charge >= 0.3 is 0 Å². The summed E-state index contributed by atoms with van der Waals surface area (Å²) in [7, 11) is 0. The molecular formula is C28H30ClN7O2. The SMILES string of the molecule is C=C/C=C(C)\C=C(/C)n1c(C(C)N(CCC)c2ncnc3[nH]cnc(=O)c23)nc2c(c1=O)CC(Cl)=CC=C2. The Bertz CT molecular complexity index is 1620. The third-order valence-corrected chi connectivity index (χ3v) is 6.54. The maximum atomic E-state index is 14.0. The third-order valence-electron chi connectivity index (χ3n) is 6.28. The molecule has 38 heavy (non-hydrogen) atoms. The zero-order valence-electron chi connectivity index (χ0n) is 21.9. The van der Waals surface area contributed by atoms with Crippen molar-refractivity contribution in [2.24, 2.45) is 0 Å². The quantitative estimate of drug-likeness (QED) is 0.410. The smallest absolute Gasteiger partial charge is 0.285 e. The summed E-state index contributed by atoms with van der Waals surface area (Å²) in [4.78, 5) is 49.3. The number of nitrogens with zero attached hydrogens (tertiary/aromatic N) is 6. The first-order valence-corrected chi connectivity index (χ1v) is 12.8. The normalized spacial score (nSPS) is 14.6. The van der Waals surface area contributed by atoms with E-state index in [1.54, 1.807) is 28.9 Å². The lowest BCUT2D eigenvalue weighted by molar-refractivity contribution is 0.595. The summed E-state index contributed by atoms with van der Waals surface area (Å²) < 4.78 is 1.63. The molecule has 0 saturated heterocycles. The average Bonchev–Trinajstić information content (AvgIpc) is 3.07. The Morgan fingerprint density at radius 1 is 1.29 bits per heavy atom. The largest absolute Gasteiger partial charge is 0.346 e. The predicted octanol–water partition coefficient (Wildman–Crippen LogP) is 4.93. The molecule has 3 heterocycles. The molecule has 1 N–H and O–H groups in total. The predicted molar refractivity (Wildman–Crippen MR) is 153 cm³/mol. The van der Waals surface area contributed by atoms with E-state index < -0.39 is 11.6 Å². The van der Waals surface area contributed by atoms with Crippen molar-refractivity contribution in [2.45, 2.75) is 46.6 Å². The first-order valence-electron chi connectivity index (χ1n) is 12.4. The van der Waals surface area contributed by atoms with E-state index in [0.717, 1.165) is 12.0 Å². The van der Waals surface area contributed by atoms with Crippen molar-refractivity contribution in [3.8, 4) is 0 Å². The highest BCUT2D eigenvalue weighted by Crippen LogP contribution is 2.30. The molecule has 3 aromatic rings. The topological polar surface area (TPSA) is 110 Å². The van der Waals surface area contributed by atoms with E-state index in [2.05, 4.69) is 26.5 Å². The Kier molecular flexibility index (Phi) is 8.16. The lowest BCUT2D eigenvalue weighted by Crippen LogP contribution is -2.36. The number of fused-ring (bicyclic) bond motifs is 2. The van der Waals surface area contributed by atoms with Gasteiger partial charge in [-0.15, -0.1) is 0 Å². The second kappa shape index (κ2) is 11.5. The summed E-state index contributed by atoms with van der Waals surface area (Å²) in [5.74, 6) is 0.941. The first kappa shape index (κ1) is 26.9. The first-order chi connectivity index (χ1) is 18.3. The fourth-order valence-corrected chi connectivity index (χ4v) is 4.80. The minimum absolute atomic E-state index is 0.196. The number of hydrogen-bond acceptors (Lipinski definition) is 7. The number of nitrogens with one attached hydrogen (secondary N) is 1. The van der Waals surface area contributed by atoms with Crippen LogP contribution in [0.2, 0.25) is 0 Å².